The van der Waals surface area contributed by atoms with Crippen molar-refractivity contribution in [2.24, 2.45) is 0 Å². The largest absolute Gasteiger partial charge is 0.505 e. The van der Waals surface area contributed by atoms with Gasteiger partial charge in [0.05, 0.1) is 50.2 Å². The molecular weight excluding hydrogens is 504 g/mol. The molecule has 1 N–H and O–H groups in total. The smallest absolute Gasteiger partial charge is 0.342 e. The zero-order valence-corrected chi connectivity index (χ0v) is 22.9. The van der Waals surface area contributed by atoms with E-state index >= 15 is 0 Å². The molecule has 10 nitrogen and oxygen atoms in total. The lowest BCUT2D eigenvalue weighted by Crippen LogP contribution is -2.45. The van der Waals surface area contributed by atoms with Gasteiger partial charge in [-0.2, -0.15) is 0 Å². The van der Waals surface area contributed by atoms with Crippen LogP contribution in [-0.2, 0) is 30.2 Å². The Kier molecular flexibility index (Phi) is 10.4. The number of benzene rings is 1. The van der Waals surface area contributed by atoms with Gasteiger partial charge in [0.2, 0.25) is 0 Å². The topological polar surface area (TPSA) is 132 Å². The number of fused-ring (bicyclic) bond motifs is 1. The number of pyridine rings is 1. The lowest BCUT2D eigenvalue weighted by atomic mass is 9.97. The maximum absolute atomic E-state index is 14.0. The molecule has 0 saturated heterocycles. The highest BCUT2D eigenvalue weighted by atomic mass is 16.5. The molecule has 2 heterocycles. The van der Waals surface area contributed by atoms with Crippen molar-refractivity contribution in [3.8, 4) is 5.75 Å². The van der Waals surface area contributed by atoms with Gasteiger partial charge in [0.1, 0.15) is 11.6 Å². The minimum Gasteiger partial charge on any atom is -0.505 e. The van der Waals surface area contributed by atoms with Crippen LogP contribution in [0.3, 0.4) is 0 Å². The van der Waals surface area contributed by atoms with Crippen molar-refractivity contribution >= 4 is 23.8 Å². The highest BCUT2D eigenvalue weighted by Crippen LogP contribution is 2.43. The number of rotatable bonds is 13. The molecule has 3 rings (SSSR count). The molecule has 10 heteroatoms. The fourth-order valence-electron chi connectivity index (χ4n) is 4.89. The van der Waals surface area contributed by atoms with E-state index in [1.807, 2.05) is 30.3 Å². The maximum atomic E-state index is 14.0. The molecule has 210 valence electrons. The van der Waals surface area contributed by atoms with Gasteiger partial charge in [0.25, 0.3) is 5.91 Å². The fraction of sp³-hybridized carbons (Fsp3) is 0.483. The number of methoxy groups -OCH3 is 2. The van der Waals surface area contributed by atoms with E-state index in [-0.39, 0.29) is 35.5 Å². The van der Waals surface area contributed by atoms with Crippen molar-refractivity contribution in [1.29, 1.82) is 0 Å². The van der Waals surface area contributed by atoms with Crippen LogP contribution in [0.25, 0.3) is 0 Å². The lowest BCUT2D eigenvalue weighted by Gasteiger charge is -2.31. The molecule has 1 unspecified atom stereocenters. The SMILES string of the molecule is CCCCCCC1c2nc(Cc3ccccc3)c(O)c(C(=O)OCC)c2C(=O)N1[C@H](CC(=O)OC)C(=O)OC. The van der Waals surface area contributed by atoms with Crippen LogP contribution in [-0.4, -0.2) is 65.7 Å². The average molecular weight is 541 g/mol. The molecule has 0 fully saturated rings. The number of aromatic hydroxyl groups is 1. The van der Waals surface area contributed by atoms with Gasteiger partial charge in [-0.05, 0) is 18.9 Å². The molecule has 0 radical (unpaired) electrons. The molecule has 2 aromatic rings. The second-order valence-electron chi connectivity index (χ2n) is 9.32. The van der Waals surface area contributed by atoms with Crippen LogP contribution in [0.2, 0.25) is 0 Å². The third-order valence-electron chi connectivity index (χ3n) is 6.79. The molecule has 1 aromatic heterocycles. The fourth-order valence-corrected chi connectivity index (χ4v) is 4.89. The Morgan fingerprint density at radius 1 is 1.05 bits per heavy atom. The molecule has 1 aliphatic heterocycles. The summed E-state index contributed by atoms with van der Waals surface area (Å²) in [5.41, 5.74) is 0.900. The minimum absolute atomic E-state index is 0.0227. The molecule has 0 spiro atoms. The number of hydrogen-bond donors (Lipinski definition) is 1. The lowest BCUT2D eigenvalue weighted by molar-refractivity contribution is -0.153. The van der Waals surface area contributed by atoms with Crippen molar-refractivity contribution < 1.29 is 38.5 Å². The first kappa shape index (κ1) is 29.6. The summed E-state index contributed by atoms with van der Waals surface area (Å²) in [6, 6.07) is 7.24. The maximum Gasteiger partial charge on any atom is 0.342 e. The Morgan fingerprint density at radius 3 is 2.38 bits per heavy atom. The number of unbranched alkanes of at least 4 members (excludes halogenated alkanes) is 3. The number of ether oxygens (including phenoxy) is 3. The summed E-state index contributed by atoms with van der Waals surface area (Å²) in [5, 5.41) is 11.2. The molecule has 0 bridgehead atoms. The van der Waals surface area contributed by atoms with E-state index in [2.05, 4.69) is 6.92 Å². The number of aromatic nitrogens is 1. The van der Waals surface area contributed by atoms with Gasteiger partial charge < -0.3 is 24.2 Å². The molecule has 1 amide bonds. The standard InChI is InChI=1S/C29H36N2O8/c1-5-7-8-12-15-20-25-23(27(34)31(20)21(28(35)38-4)17-22(32)37-3)24(29(36)39-6-2)26(33)19(30-25)16-18-13-10-9-11-14-18/h9-11,13-14,20-21,33H,5-8,12,15-17H2,1-4H3/t20?,21-/m1/s1. The number of hydrogen-bond acceptors (Lipinski definition) is 9. The second-order valence-corrected chi connectivity index (χ2v) is 9.32. The third-order valence-corrected chi connectivity index (χ3v) is 6.79. The van der Waals surface area contributed by atoms with E-state index in [4.69, 9.17) is 19.2 Å². The van der Waals surface area contributed by atoms with Crippen LogP contribution >= 0.6 is 0 Å². The van der Waals surface area contributed by atoms with E-state index in [0.717, 1.165) is 24.8 Å². The quantitative estimate of drug-likeness (QED) is 0.226. The molecule has 0 saturated carbocycles. The Balaban J connectivity index is 2.21. The van der Waals surface area contributed by atoms with Gasteiger partial charge >= 0.3 is 17.9 Å². The number of carbonyl (C=O) groups is 4. The van der Waals surface area contributed by atoms with Gasteiger partial charge in [0, 0.05) is 6.42 Å². The van der Waals surface area contributed by atoms with E-state index in [1.54, 1.807) is 6.92 Å². The van der Waals surface area contributed by atoms with Gasteiger partial charge in [-0.1, -0.05) is 62.9 Å². The summed E-state index contributed by atoms with van der Waals surface area (Å²) in [7, 11) is 2.36. The summed E-state index contributed by atoms with van der Waals surface area (Å²) in [6.45, 7) is 3.72. The number of carbonyl (C=O) groups excluding carboxylic acids is 4. The van der Waals surface area contributed by atoms with Crippen molar-refractivity contribution in [3.63, 3.8) is 0 Å². The highest BCUT2D eigenvalue weighted by molar-refractivity contribution is 6.11. The minimum atomic E-state index is -1.31. The van der Waals surface area contributed by atoms with Crippen molar-refractivity contribution in [3.05, 3.63) is 58.4 Å². The van der Waals surface area contributed by atoms with Crippen molar-refractivity contribution in [1.82, 2.24) is 9.88 Å². The van der Waals surface area contributed by atoms with Gasteiger partial charge in [-0.15, -0.1) is 0 Å². The van der Waals surface area contributed by atoms with Crippen LogP contribution in [0.15, 0.2) is 30.3 Å². The first-order valence-electron chi connectivity index (χ1n) is 13.2. The van der Waals surface area contributed by atoms with Crippen molar-refractivity contribution in [2.75, 3.05) is 20.8 Å². The molecular formula is C29H36N2O8. The Bertz CT molecular complexity index is 1200. The highest BCUT2D eigenvalue weighted by Gasteiger charge is 2.48. The van der Waals surface area contributed by atoms with Gasteiger partial charge in [-0.3, -0.25) is 14.6 Å². The summed E-state index contributed by atoms with van der Waals surface area (Å²) in [6.07, 6.45) is 3.75. The molecule has 0 aliphatic carbocycles. The van der Waals surface area contributed by atoms with E-state index < -0.39 is 48.1 Å². The number of amides is 1. The zero-order chi connectivity index (χ0) is 28.5. The van der Waals surface area contributed by atoms with E-state index in [9.17, 15) is 24.3 Å². The van der Waals surface area contributed by atoms with Crippen molar-refractivity contribution in [2.45, 2.75) is 70.9 Å². The molecule has 1 aliphatic rings. The summed E-state index contributed by atoms with van der Waals surface area (Å²) < 4.78 is 14.9. The third kappa shape index (κ3) is 6.55. The predicted octanol–water partition coefficient (Wildman–Crippen LogP) is 4.13. The number of nitrogens with zero attached hydrogens (tertiary/aromatic N) is 2. The number of esters is 3. The first-order valence-corrected chi connectivity index (χ1v) is 13.2. The summed E-state index contributed by atoms with van der Waals surface area (Å²) in [5.74, 6) is -3.53. The van der Waals surface area contributed by atoms with Crippen LogP contribution in [0.1, 0.15) is 96.1 Å². The van der Waals surface area contributed by atoms with Gasteiger partial charge in [-0.25, -0.2) is 9.59 Å². The van der Waals surface area contributed by atoms with Crippen LogP contribution < -0.4 is 0 Å². The Hall–Kier alpha value is -3.95. The molecule has 1 aromatic carbocycles. The average Bonchev–Trinajstić information content (AvgIpc) is 3.20. The molecule has 2 atom stereocenters. The van der Waals surface area contributed by atoms with E-state index in [1.165, 1.54) is 19.1 Å². The van der Waals surface area contributed by atoms with Crippen LogP contribution in [0.4, 0.5) is 0 Å². The Morgan fingerprint density at radius 2 is 1.77 bits per heavy atom. The van der Waals surface area contributed by atoms with Gasteiger partial charge in [0.15, 0.2) is 5.75 Å². The second kappa shape index (κ2) is 13.7. The van der Waals surface area contributed by atoms with E-state index in [0.29, 0.717) is 12.8 Å². The normalized spacial score (nSPS) is 15.0. The van der Waals surface area contributed by atoms with Crippen LogP contribution in [0.5, 0.6) is 5.75 Å². The zero-order valence-electron chi connectivity index (χ0n) is 22.9. The monoisotopic (exact) mass is 540 g/mol. The first-order chi connectivity index (χ1) is 18.8. The van der Waals surface area contributed by atoms with Crippen LogP contribution in [0, 0.1) is 0 Å². The summed E-state index contributed by atoms with van der Waals surface area (Å²) >= 11 is 0. The summed E-state index contributed by atoms with van der Waals surface area (Å²) in [4.78, 5) is 58.2. The molecule has 39 heavy (non-hydrogen) atoms. The predicted molar refractivity (Wildman–Crippen MR) is 141 cm³/mol. The Labute approximate surface area is 228 Å².